The van der Waals surface area contributed by atoms with Crippen molar-refractivity contribution < 1.29 is 9.53 Å². The molecule has 0 N–H and O–H groups in total. The summed E-state index contributed by atoms with van der Waals surface area (Å²) in [6, 6.07) is 10.4. The number of ether oxygens (including phenoxy) is 1. The van der Waals surface area contributed by atoms with Crippen molar-refractivity contribution in [2.75, 3.05) is 6.61 Å². The summed E-state index contributed by atoms with van der Waals surface area (Å²) in [5.41, 5.74) is 1.10. The standard InChI is InChI=1S/C13H13NO2/c15-12-10-6-9(10)11-7-16-13(14(11)12)8-4-2-1-3-5-8/h1-5,9-11,13H,6-7H2/t9-,10+,11?,13?/m0/s1. The maximum Gasteiger partial charge on any atom is 0.228 e. The van der Waals surface area contributed by atoms with Crippen molar-refractivity contribution in [3.63, 3.8) is 0 Å². The molecular formula is C13H13NO2. The highest BCUT2D eigenvalue weighted by Crippen LogP contribution is 2.55. The molecular weight excluding hydrogens is 202 g/mol. The zero-order valence-electron chi connectivity index (χ0n) is 8.87. The van der Waals surface area contributed by atoms with Crippen LogP contribution in [0.4, 0.5) is 0 Å². The van der Waals surface area contributed by atoms with E-state index < -0.39 is 0 Å². The summed E-state index contributed by atoms with van der Waals surface area (Å²) in [5, 5.41) is 0. The van der Waals surface area contributed by atoms with Crippen molar-refractivity contribution in [3.8, 4) is 0 Å². The second kappa shape index (κ2) is 2.86. The summed E-state index contributed by atoms with van der Waals surface area (Å²) < 4.78 is 5.78. The highest BCUT2D eigenvalue weighted by molar-refractivity contribution is 5.86. The molecule has 1 aliphatic carbocycles. The van der Waals surface area contributed by atoms with Gasteiger partial charge < -0.3 is 9.64 Å². The van der Waals surface area contributed by atoms with Crippen LogP contribution in [0.15, 0.2) is 30.3 Å². The average Bonchev–Trinajstić information content (AvgIpc) is 2.92. The fourth-order valence-corrected chi connectivity index (χ4v) is 3.12. The number of amides is 1. The van der Waals surface area contributed by atoms with Gasteiger partial charge in [0, 0.05) is 11.5 Å². The molecule has 16 heavy (non-hydrogen) atoms. The lowest BCUT2D eigenvalue weighted by atomic mass is 10.1. The van der Waals surface area contributed by atoms with Gasteiger partial charge in [-0.1, -0.05) is 30.3 Å². The number of carbonyl (C=O) groups excluding carboxylic acids is 1. The van der Waals surface area contributed by atoms with E-state index in [1.807, 2.05) is 35.2 Å². The van der Waals surface area contributed by atoms with Gasteiger partial charge in [-0.25, -0.2) is 0 Å². The number of rotatable bonds is 1. The Morgan fingerprint density at radius 3 is 2.88 bits per heavy atom. The predicted octanol–water partition coefficient (Wildman–Crippen LogP) is 1.56. The molecule has 2 aliphatic heterocycles. The summed E-state index contributed by atoms with van der Waals surface area (Å²) >= 11 is 0. The lowest BCUT2D eigenvalue weighted by Crippen LogP contribution is -2.34. The third-order valence-corrected chi connectivity index (χ3v) is 4.03. The van der Waals surface area contributed by atoms with Crippen molar-refractivity contribution >= 4 is 5.91 Å². The van der Waals surface area contributed by atoms with Crippen LogP contribution in [0, 0.1) is 11.8 Å². The van der Waals surface area contributed by atoms with Gasteiger partial charge in [-0.15, -0.1) is 0 Å². The van der Waals surface area contributed by atoms with Crippen molar-refractivity contribution in [2.45, 2.75) is 18.7 Å². The maximum atomic E-state index is 12.1. The summed E-state index contributed by atoms with van der Waals surface area (Å²) in [6.07, 6.45) is 0.955. The third kappa shape index (κ3) is 0.990. The van der Waals surface area contributed by atoms with Gasteiger partial charge in [0.25, 0.3) is 0 Å². The largest absolute Gasteiger partial charge is 0.352 e. The van der Waals surface area contributed by atoms with Gasteiger partial charge in [-0.2, -0.15) is 0 Å². The minimum Gasteiger partial charge on any atom is -0.352 e. The second-order valence-corrected chi connectivity index (χ2v) is 4.92. The minimum atomic E-state index is -0.133. The molecule has 1 aromatic rings. The summed E-state index contributed by atoms with van der Waals surface area (Å²) in [7, 11) is 0. The normalized spacial score (nSPS) is 39.8. The Morgan fingerprint density at radius 1 is 1.25 bits per heavy atom. The Balaban J connectivity index is 1.70. The van der Waals surface area contributed by atoms with E-state index in [4.69, 9.17) is 4.74 Å². The molecule has 2 heterocycles. The molecule has 1 saturated carbocycles. The molecule has 4 rings (SSSR count). The number of hydrogen-bond donors (Lipinski definition) is 0. The highest BCUT2D eigenvalue weighted by atomic mass is 16.5. The fourth-order valence-electron chi connectivity index (χ4n) is 3.12. The molecule has 3 heteroatoms. The summed E-state index contributed by atoms with van der Waals surface area (Å²) in [4.78, 5) is 14.0. The number of nitrogens with zero attached hydrogens (tertiary/aromatic N) is 1. The number of benzene rings is 1. The highest BCUT2D eigenvalue weighted by Gasteiger charge is 2.62. The van der Waals surface area contributed by atoms with E-state index in [9.17, 15) is 4.79 Å². The van der Waals surface area contributed by atoms with Gasteiger partial charge in [0.2, 0.25) is 5.91 Å². The molecule has 0 spiro atoms. The smallest absolute Gasteiger partial charge is 0.228 e. The van der Waals surface area contributed by atoms with Crippen LogP contribution in [0.2, 0.25) is 0 Å². The first-order valence-corrected chi connectivity index (χ1v) is 5.85. The van der Waals surface area contributed by atoms with E-state index in [2.05, 4.69) is 0 Å². The Labute approximate surface area is 94.0 Å². The van der Waals surface area contributed by atoms with E-state index >= 15 is 0 Å². The number of fused-ring (bicyclic) bond motifs is 3. The average molecular weight is 215 g/mol. The zero-order valence-corrected chi connectivity index (χ0v) is 8.87. The molecule has 3 fully saturated rings. The molecule has 82 valence electrons. The van der Waals surface area contributed by atoms with Crippen molar-refractivity contribution in [2.24, 2.45) is 11.8 Å². The molecule has 3 aliphatic rings. The molecule has 1 aromatic carbocycles. The number of piperidine rings is 1. The first-order valence-electron chi connectivity index (χ1n) is 5.85. The SMILES string of the molecule is O=C1[C@@H]2C[C@@H]2C2COC(c3ccccc3)N12. The number of carbonyl (C=O) groups is 1. The van der Waals surface area contributed by atoms with Crippen LogP contribution in [0.3, 0.4) is 0 Å². The topological polar surface area (TPSA) is 29.5 Å². The molecule has 0 bridgehead atoms. The van der Waals surface area contributed by atoms with Crippen molar-refractivity contribution in [1.29, 1.82) is 0 Å². The molecule has 2 unspecified atom stereocenters. The van der Waals surface area contributed by atoms with Crippen LogP contribution in [0.1, 0.15) is 18.2 Å². The lowest BCUT2D eigenvalue weighted by molar-refractivity contribution is -0.136. The van der Waals surface area contributed by atoms with Gasteiger partial charge in [0.05, 0.1) is 12.6 Å². The van der Waals surface area contributed by atoms with Gasteiger partial charge >= 0.3 is 0 Å². The maximum absolute atomic E-state index is 12.1. The Kier molecular flexibility index (Phi) is 1.56. The van der Waals surface area contributed by atoms with Crippen LogP contribution < -0.4 is 0 Å². The second-order valence-electron chi connectivity index (χ2n) is 4.92. The molecule has 0 radical (unpaired) electrons. The first kappa shape index (κ1) is 8.76. The summed E-state index contributed by atoms with van der Waals surface area (Å²) in [6.45, 7) is 0.715. The molecule has 3 nitrogen and oxygen atoms in total. The first-order chi connectivity index (χ1) is 7.86. The van der Waals surface area contributed by atoms with Gasteiger partial charge in [0.1, 0.15) is 0 Å². The van der Waals surface area contributed by atoms with Crippen molar-refractivity contribution in [3.05, 3.63) is 35.9 Å². The van der Waals surface area contributed by atoms with Crippen LogP contribution in [-0.4, -0.2) is 23.5 Å². The van der Waals surface area contributed by atoms with E-state index in [0.717, 1.165) is 12.0 Å². The molecule has 1 amide bonds. The Hall–Kier alpha value is -1.35. The zero-order chi connectivity index (χ0) is 10.7. The van der Waals surface area contributed by atoms with E-state index in [-0.39, 0.29) is 6.23 Å². The van der Waals surface area contributed by atoms with Crippen LogP contribution in [-0.2, 0) is 9.53 Å². The van der Waals surface area contributed by atoms with Crippen LogP contribution in [0.25, 0.3) is 0 Å². The monoisotopic (exact) mass is 215 g/mol. The van der Waals surface area contributed by atoms with Gasteiger partial charge in [0.15, 0.2) is 6.23 Å². The molecule has 4 atom stereocenters. The van der Waals surface area contributed by atoms with E-state index in [1.54, 1.807) is 0 Å². The summed E-state index contributed by atoms with van der Waals surface area (Å²) in [5.74, 6) is 1.21. The molecule has 2 saturated heterocycles. The van der Waals surface area contributed by atoms with Crippen LogP contribution in [0.5, 0.6) is 0 Å². The number of hydrogen-bond acceptors (Lipinski definition) is 2. The third-order valence-electron chi connectivity index (χ3n) is 4.03. The van der Waals surface area contributed by atoms with Crippen molar-refractivity contribution in [1.82, 2.24) is 4.90 Å². The van der Waals surface area contributed by atoms with E-state index in [0.29, 0.717) is 30.4 Å². The fraction of sp³-hybridized carbons (Fsp3) is 0.462. The quantitative estimate of drug-likeness (QED) is 0.711. The Bertz CT molecular complexity index is 445. The minimum absolute atomic E-state index is 0.133. The van der Waals surface area contributed by atoms with Crippen LogP contribution >= 0.6 is 0 Å². The van der Waals surface area contributed by atoms with Gasteiger partial charge in [-0.3, -0.25) is 4.79 Å². The molecule has 0 aromatic heterocycles. The Morgan fingerprint density at radius 2 is 2.06 bits per heavy atom. The lowest BCUT2D eigenvalue weighted by Gasteiger charge is -2.24. The predicted molar refractivity (Wildman–Crippen MR) is 57.4 cm³/mol. The van der Waals surface area contributed by atoms with E-state index in [1.165, 1.54) is 0 Å². The van der Waals surface area contributed by atoms with Gasteiger partial charge in [-0.05, 0) is 12.3 Å².